The predicted octanol–water partition coefficient (Wildman–Crippen LogP) is 3.68. The number of hydrogen-bond acceptors (Lipinski definition) is 4. The van der Waals surface area contributed by atoms with E-state index in [0.717, 1.165) is 11.1 Å². The molecule has 6 heteroatoms. The third-order valence-corrected chi connectivity index (χ3v) is 7.26. The van der Waals surface area contributed by atoms with E-state index in [2.05, 4.69) is 0 Å². The van der Waals surface area contributed by atoms with E-state index >= 15 is 0 Å². The summed E-state index contributed by atoms with van der Waals surface area (Å²) in [6, 6.07) is 6.98. The third-order valence-electron chi connectivity index (χ3n) is 5.44. The summed E-state index contributed by atoms with van der Waals surface area (Å²) in [6.45, 7) is 10.4. The first-order chi connectivity index (χ1) is 12.5. The number of aryl methyl sites for hydroxylation is 1. The second-order valence-electron chi connectivity index (χ2n) is 8.83. The molecule has 2 atom stereocenters. The van der Waals surface area contributed by atoms with Crippen LogP contribution in [0.15, 0.2) is 40.3 Å². The molecular weight excluding hydrogens is 362 g/mol. The van der Waals surface area contributed by atoms with Gasteiger partial charge in [0.05, 0.1) is 10.3 Å². The molecule has 2 aliphatic rings. The maximum atomic E-state index is 13.0. The predicted molar refractivity (Wildman–Crippen MR) is 105 cm³/mol. The Morgan fingerprint density at radius 3 is 2.37 bits per heavy atom. The fraction of sp³-hybridized carbons (Fsp3) is 0.571. The number of hydrogen-bond donors (Lipinski definition) is 0. The van der Waals surface area contributed by atoms with Gasteiger partial charge in [0.2, 0.25) is 10.0 Å². The van der Waals surface area contributed by atoms with Crippen molar-refractivity contribution in [1.29, 1.82) is 0 Å². The lowest BCUT2D eigenvalue weighted by Crippen LogP contribution is -2.32. The van der Waals surface area contributed by atoms with Crippen molar-refractivity contribution in [3.63, 3.8) is 0 Å². The van der Waals surface area contributed by atoms with E-state index in [0.29, 0.717) is 30.8 Å². The summed E-state index contributed by atoms with van der Waals surface area (Å²) >= 11 is 0. The molecule has 5 nitrogen and oxygen atoms in total. The number of carbonyl (C=O) groups excluding carboxylic acids is 1. The van der Waals surface area contributed by atoms with Crippen molar-refractivity contribution >= 4 is 16.0 Å². The maximum absolute atomic E-state index is 13.0. The standard InChI is InChI=1S/C21H29NO4S/c1-14-6-8-18(9-7-14)27(24,25)22-12-16-11-17(10-15(2)19(16)13-22)26-20(23)21(3,4)5/h6-9,16-17H,10-13H2,1-5H3/t16-,17-/m0/s1. The molecule has 0 N–H and O–H groups in total. The maximum Gasteiger partial charge on any atom is 0.311 e. The molecule has 27 heavy (non-hydrogen) atoms. The van der Waals surface area contributed by atoms with Gasteiger partial charge in [-0.3, -0.25) is 4.79 Å². The first-order valence-corrected chi connectivity index (χ1v) is 10.9. The SMILES string of the molecule is CC1=C2CN(S(=O)(=O)c3ccc(C)cc3)C[C@@H]2C[C@@H](OC(=O)C(C)(C)C)C1. The average molecular weight is 392 g/mol. The molecule has 0 aromatic heterocycles. The van der Waals surface area contributed by atoms with E-state index in [-0.39, 0.29) is 18.0 Å². The van der Waals surface area contributed by atoms with E-state index in [1.54, 1.807) is 16.4 Å². The number of sulfonamides is 1. The number of ether oxygens (including phenoxy) is 1. The minimum atomic E-state index is -3.51. The number of fused-ring (bicyclic) bond motifs is 1. The number of benzene rings is 1. The van der Waals surface area contributed by atoms with E-state index in [9.17, 15) is 13.2 Å². The summed E-state index contributed by atoms with van der Waals surface area (Å²) in [4.78, 5) is 12.6. The largest absolute Gasteiger partial charge is 0.462 e. The van der Waals surface area contributed by atoms with E-state index in [1.165, 1.54) is 5.57 Å². The summed E-state index contributed by atoms with van der Waals surface area (Å²) in [6.07, 6.45) is 1.20. The molecule has 1 aromatic rings. The Labute approximate surface area is 162 Å². The molecule has 1 aliphatic carbocycles. The molecule has 1 saturated heterocycles. The Hall–Kier alpha value is -1.66. The van der Waals surface area contributed by atoms with Crippen LogP contribution in [-0.2, 0) is 19.6 Å². The van der Waals surface area contributed by atoms with Gasteiger partial charge in [0.1, 0.15) is 6.10 Å². The van der Waals surface area contributed by atoms with Crippen molar-refractivity contribution in [1.82, 2.24) is 4.31 Å². The fourth-order valence-electron chi connectivity index (χ4n) is 3.77. The lowest BCUT2D eigenvalue weighted by atomic mass is 9.83. The second kappa shape index (κ2) is 7.06. The molecule has 0 spiro atoms. The lowest BCUT2D eigenvalue weighted by Gasteiger charge is -2.30. The van der Waals surface area contributed by atoms with Gasteiger partial charge in [0.25, 0.3) is 0 Å². The van der Waals surface area contributed by atoms with Gasteiger partial charge >= 0.3 is 5.97 Å². The minimum absolute atomic E-state index is 0.122. The highest BCUT2D eigenvalue weighted by Crippen LogP contribution is 2.39. The fourth-order valence-corrected chi connectivity index (χ4v) is 5.24. The second-order valence-corrected chi connectivity index (χ2v) is 10.8. The average Bonchev–Trinajstić information content (AvgIpc) is 3.00. The minimum Gasteiger partial charge on any atom is -0.462 e. The zero-order valence-corrected chi connectivity index (χ0v) is 17.6. The van der Waals surface area contributed by atoms with E-state index in [1.807, 2.05) is 46.8 Å². The van der Waals surface area contributed by atoms with E-state index < -0.39 is 15.4 Å². The van der Waals surface area contributed by atoms with Gasteiger partial charge in [-0.1, -0.05) is 28.8 Å². The van der Waals surface area contributed by atoms with Crippen molar-refractivity contribution in [2.24, 2.45) is 11.3 Å². The highest BCUT2D eigenvalue weighted by Gasteiger charge is 2.41. The molecule has 1 aliphatic heterocycles. The summed E-state index contributed by atoms with van der Waals surface area (Å²) in [5.74, 6) is -0.0809. The number of rotatable bonds is 3. The molecule has 1 fully saturated rings. The smallest absolute Gasteiger partial charge is 0.311 e. The zero-order valence-electron chi connectivity index (χ0n) is 16.8. The first-order valence-electron chi connectivity index (χ1n) is 9.45. The van der Waals surface area contributed by atoms with Gasteiger partial charge in [-0.25, -0.2) is 8.42 Å². The summed E-state index contributed by atoms with van der Waals surface area (Å²) in [5.41, 5.74) is 2.84. The van der Waals surface area contributed by atoms with Gasteiger partial charge in [-0.15, -0.1) is 0 Å². The third kappa shape index (κ3) is 4.11. The lowest BCUT2D eigenvalue weighted by molar-refractivity contribution is -0.159. The normalized spacial score (nSPS) is 24.0. The van der Waals surface area contributed by atoms with Crippen molar-refractivity contribution in [3.05, 3.63) is 41.0 Å². The van der Waals surface area contributed by atoms with Crippen LogP contribution >= 0.6 is 0 Å². The first kappa shape index (κ1) is 20.1. The van der Waals surface area contributed by atoms with Crippen LogP contribution in [0.4, 0.5) is 0 Å². The molecule has 0 bridgehead atoms. The van der Waals surface area contributed by atoms with Crippen LogP contribution < -0.4 is 0 Å². The quantitative estimate of drug-likeness (QED) is 0.582. The summed E-state index contributed by atoms with van der Waals surface area (Å²) in [7, 11) is -3.51. The van der Waals surface area contributed by atoms with Gasteiger partial charge in [0, 0.05) is 19.5 Å². The van der Waals surface area contributed by atoms with Crippen LogP contribution in [0.2, 0.25) is 0 Å². The van der Waals surface area contributed by atoms with E-state index in [4.69, 9.17) is 4.74 Å². The van der Waals surface area contributed by atoms with Gasteiger partial charge < -0.3 is 4.74 Å². The van der Waals surface area contributed by atoms with Crippen LogP contribution in [0.3, 0.4) is 0 Å². The Morgan fingerprint density at radius 1 is 1.15 bits per heavy atom. The Morgan fingerprint density at radius 2 is 1.78 bits per heavy atom. The number of esters is 1. The number of nitrogens with zero attached hydrogens (tertiary/aromatic N) is 1. The van der Waals surface area contributed by atoms with Gasteiger partial charge in [0.15, 0.2) is 0 Å². The molecule has 1 aromatic carbocycles. The number of carbonyl (C=O) groups is 1. The van der Waals surface area contributed by atoms with Crippen LogP contribution in [0.5, 0.6) is 0 Å². The van der Waals surface area contributed by atoms with Crippen molar-refractivity contribution < 1.29 is 17.9 Å². The molecule has 3 rings (SSSR count). The van der Waals surface area contributed by atoms with Crippen molar-refractivity contribution in [3.8, 4) is 0 Å². The van der Waals surface area contributed by atoms with Gasteiger partial charge in [-0.05, 0) is 59.1 Å². The molecule has 0 saturated carbocycles. The van der Waals surface area contributed by atoms with Crippen LogP contribution in [-0.4, -0.2) is 37.9 Å². The molecule has 0 unspecified atom stereocenters. The molecular formula is C21H29NO4S. The molecule has 0 amide bonds. The highest BCUT2D eigenvalue weighted by atomic mass is 32.2. The Balaban J connectivity index is 1.76. The molecule has 1 heterocycles. The summed E-state index contributed by atoms with van der Waals surface area (Å²) < 4.78 is 33.3. The zero-order chi connectivity index (χ0) is 20.0. The molecule has 0 radical (unpaired) electrons. The van der Waals surface area contributed by atoms with Crippen LogP contribution in [0, 0.1) is 18.3 Å². The highest BCUT2D eigenvalue weighted by molar-refractivity contribution is 7.89. The Kier molecular flexibility index (Phi) is 5.25. The van der Waals surface area contributed by atoms with Crippen molar-refractivity contribution in [2.45, 2.75) is 58.5 Å². The van der Waals surface area contributed by atoms with Crippen LogP contribution in [0.1, 0.15) is 46.1 Å². The summed E-state index contributed by atoms with van der Waals surface area (Å²) in [5, 5.41) is 0. The Bertz CT molecular complexity index is 862. The topological polar surface area (TPSA) is 63.7 Å². The van der Waals surface area contributed by atoms with Crippen LogP contribution in [0.25, 0.3) is 0 Å². The monoisotopic (exact) mass is 391 g/mol. The van der Waals surface area contributed by atoms with Gasteiger partial charge in [-0.2, -0.15) is 4.31 Å². The van der Waals surface area contributed by atoms with Crippen molar-refractivity contribution in [2.75, 3.05) is 13.1 Å². The molecule has 148 valence electrons.